The Morgan fingerprint density at radius 1 is 1.00 bits per heavy atom. The van der Waals surface area contributed by atoms with Crippen LogP contribution < -0.4 is 8.13 Å². The molecule has 0 fully saturated rings. The maximum absolute atomic E-state index is 12.3. The number of carbonyl (C=O) groups is 2. The van der Waals surface area contributed by atoms with Crippen molar-refractivity contribution in [2.45, 2.75) is 6.92 Å². The first-order valence-corrected chi connectivity index (χ1v) is 11.4. The first-order valence-electron chi connectivity index (χ1n) is 9.62. The number of amides is 1. The summed E-state index contributed by atoms with van der Waals surface area (Å²) in [7, 11) is 0. The summed E-state index contributed by atoms with van der Waals surface area (Å²) >= 11 is 2.40. The number of aliphatic carboxylic acids is 1. The first kappa shape index (κ1) is 23.0. The fraction of sp³-hybridized carbons (Fsp3) is 0.0417. The Bertz CT molecular complexity index is 1140. The molecule has 0 unspecified atom stereocenters. The molecule has 0 aromatic heterocycles. The van der Waals surface area contributed by atoms with Crippen molar-refractivity contribution < 1.29 is 14.7 Å². The second-order valence-corrected chi connectivity index (χ2v) is 9.02. The first-order chi connectivity index (χ1) is 14.9. The van der Waals surface area contributed by atoms with Crippen LogP contribution in [0.25, 0.3) is 17.2 Å². The van der Waals surface area contributed by atoms with Crippen LogP contribution in [0, 0.1) is 0 Å². The van der Waals surface area contributed by atoms with Gasteiger partial charge in [0.25, 0.3) is 5.97 Å². The summed E-state index contributed by atoms with van der Waals surface area (Å²) in [6.07, 6.45) is 1.90. The number of thioether (sulfide) groups is 1. The van der Waals surface area contributed by atoms with E-state index in [-0.39, 0.29) is 5.91 Å². The van der Waals surface area contributed by atoms with Crippen molar-refractivity contribution in [2.75, 3.05) is 5.32 Å². The third-order valence-corrected chi connectivity index (χ3v) is 5.78. The average molecular weight is 438 g/mol. The predicted molar refractivity (Wildman–Crippen MR) is 129 cm³/mol. The van der Waals surface area contributed by atoms with E-state index >= 15 is 0 Å². The van der Waals surface area contributed by atoms with Crippen molar-refractivity contribution in [1.29, 1.82) is 0 Å². The number of amidine groups is 1. The van der Waals surface area contributed by atoms with Crippen LogP contribution in [0.4, 0.5) is 5.69 Å². The zero-order valence-corrected chi connectivity index (χ0v) is 20.0. The second-order valence-electron chi connectivity index (χ2n) is 6.83. The van der Waals surface area contributed by atoms with Gasteiger partial charge in [0.05, 0.1) is 0 Å². The van der Waals surface area contributed by atoms with Gasteiger partial charge in [0.1, 0.15) is 0 Å². The molecule has 3 aromatic carbocycles. The monoisotopic (exact) mass is 438 g/mol. The Balaban J connectivity index is 0.000000628. The van der Waals surface area contributed by atoms with E-state index in [0.29, 0.717) is 10.1 Å². The van der Waals surface area contributed by atoms with Gasteiger partial charge in [0.15, 0.2) is 0 Å². The SMILES string of the molecule is CC(=O)O.O=C1N=C(Nc2cc[c]([Na])cc2)S/C1=C/c1cccc(-c2ccccc2)c1. The van der Waals surface area contributed by atoms with Crippen molar-refractivity contribution in [3.63, 3.8) is 0 Å². The number of nitrogens with zero attached hydrogens (tertiary/aromatic N) is 1. The molecule has 1 aliphatic heterocycles. The molecule has 0 aliphatic carbocycles. The Morgan fingerprint density at radius 3 is 2.32 bits per heavy atom. The molecular weight excluding hydrogens is 419 g/mol. The third-order valence-electron chi connectivity index (χ3n) is 4.21. The number of carboxylic acid groups (broad SMARTS) is 1. The van der Waals surface area contributed by atoms with Crippen molar-refractivity contribution >= 4 is 71.3 Å². The van der Waals surface area contributed by atoms with Crippen LogP contribution in [0.2, 0.25) is 0 Å². The minimum atomic E-state index is -0.833. The molecule has 150 valence electrons. The topological polar surface area (TPSA) is 78.8 Å². The minimum absolute atomic E-state index is 0.202. The van der Waals surface area contributed by atoms with Gasteiger partial charge in [-0.15, -0.1) is 0 Å². The predicted octanol–water partition coefficient (Wildman–Crippen LogP) is 4.32. The zero-order chi connectivity index (χ0) is 22.2. The van der Waals surface area contributed by atoms with Crippen LogP contribution in [0.5, 0.6) is 0 Å². The van der Waals surface area contributed by atoms with Gasteiger partial charge >= 0.3 is 139 Å². The summed E-state index contributed by atoms with van der Waals surface area (Å²) in [6.45, 7) is 1.08. The van der Waals surface area contributed by atoms with Gasteiger partial charge in [-0.3, -0.25) is 4.79 Å². The maximum atomic E-state index is 12.3. The zero-order valence-electron chi connectivity index (χ0n) is 17.2. The second kappa shape index (κ2) is 11.1. The van der Waals surface area contributed by atoms with Gasteiger partial charge < -0.3 is 5.11 Å². The van der Waals surface area contributed by atoms with E-state index in [1.54, 1.807) is 0 Å². The summed E-state index contributed by atoms with van der Waals surface area (Å²) in [5, 5.41) is 11.3. The van der Waals surface area contributed by atoms with Gasteiger partial charge in [0, 0.05) is 6.92 Å². The van der Waals surface area contributed by atoms with E-state index in [4.69, 9.17) is 9.90 Å². The number of carboxylic acids is 1. The number of aliphatic imine (C=N–C) groups is 1. The van der Waals surface area contributed by atoms with E-state index in [9.17, 15) is 4.79 Å². The van der Waals surface area contributed by atoms with Crippen molar-refractivity contribution in [3.05, 3.63) is 89.3 Å². The molecule has 7 heteroatoms. The summed E-state index contributed by atoms with van der Waals surface area (Å²) in [6, 6.07) is 26.6. The number of nitrogens with one attached hydrogen (secondary N) is 1. The van der Waals surface area contributed by atoms with Crippen molar-refractivity contribution in [2.24, 2.45) is 4.99 Å². The molecule has 1 aliphatic rings. The van der Waals surface area contributed by atoms with Crippen LogP contribution in [0.1, 0.15) is 12.5 Å². The van der Waals surface area contributed by atoms with E-state index in [2.05, 4.69) is 46.7 Å². The molecular formula is C24H19N2NaO3S. The molecule has 1 amide bonds. The van der Waals surface area contributed by atoms with Gasteiger partial charge in [-0.2, -0.15) is 0 Å². The van der Waals surface area contributed by atoms with E-state index < -0.39 is 5.97 Å². The van der Waals surface area contributed by atoms with Crippen molar-refractivity contribution in [3.8, 4) is 11.1 Å². The van der Waals surface area contributed by atoms with Gasteiger partial charge in [-0.1, -0.05) is 36.4 Å². The van der Waals surface area contributed by atoms with Crippen LogP contribution in [-0.2, 0) is 9.59 Å². The van der Waals surface area contributed by atoms with E-state index in [1.165, 1.54) is 14.6 Å². The standard InChI is InChI=1S/C22H15N2OS.C2H4O2.Na/c25-21-20(26-22(24-21)23-19-12-5-2-6-13-19)15-16-8-7-11-18(14-16)17-9-3-1-4-10-17;1-2(3)4;/h1,3-15H,(H,23,24,25);1H3,(H,3,4);/b20-15+;;. The third kappa shape index (κ3) is 7.22. The number of rotatable bonds is 3. The van der Waals surface area contributed by atoms with E-state index in [1.807, 2.05) is 48.5 Å². The number of carbonyl (C=O) groups excluding carboxylic acids is 1. The van der Waals surface area contributed by atoms with Crippen molar-refractivity contribution in [1.82, 2.24) is 0 Å². The molecule has 2 N–H and O–H groups in total. The van der Waals surface area contributed by atoms with Crippen LogP contribution in [0.15, 0.2) is 88.8 Å². The Hall–Kier alpha value is -2.64. The Kier molecular flexibility index (Phi) is 8.26. The molecule has 0 bridgehead atoms. The van der Waals surface area contributed by atoms with Gasteiger partial charge in [0.2, 0.25) is 0 Å². The van der Waals surface area contributed by atoms with Gasteiger partial charge in [-0.05, 0) is 5.56 Å². The normalized spacial score (nSPS) is 14.0. The molecule has 0 spiro atoms. The average Bonchev–Trinajstić information content (AvgIpc) is 3.09. The van der Waals surface area contributed by atoms with E-state index in [0.717, 1.165) is 57.2 Å². The summed E-state index contributed by atoms with van der Waals surface area (Å²) in [5.41, 5.74) is 4.22. The Morgan fingerprint density at radius 2 is 1.65 bits per heavy atom. The summed E-state index contributed by atoms with van der Waals surface area (Å²) < 4.78 is 1.33. The number of hydrogen-bond acceptors (Lipinski definition) is 4. The molecule has 0 saturated carbocycles. The van der Waals surface area contributed by atoms with Gasteiger partial charge in [-0.25, -0.2) is 0 Å². The van der Waals surface area contributed by atoms with Crippen LogP contribution in [0.3, 0.4) is 0 Å². The fourth-order valence-electron chi connectivity index (χ4n) is 2.81. The number of hydrogen-bond donors (Lipinski definition) is 2. The summed E-state index contributed by atoms with van der Waals surface area (Å²) in [4.78, 5) is 26.0. The molecule has 4 rings (SSSR count). The van der Waals surface area contributed by atoms with Crippen LogP contribution >= 0.6 is 11.8 Å². The molecule has 0 radical (unpaired) electrons. The molecule has 1 heterocycles. The number of anilines is 1. The molecule has 3 aromatic rings. The molecule has 0 atom stereocenters. The summed E-state index contributed by atoms with van der Waals surface area (Å²) in [5.74, 6) is -1.04. The molecule has 5 nitrogen and oxygen atoms in total. The Labute approximate surface area is 202 Å². The molecule has 31 heavy (non-hydrogen) atoms. The fourth-order valence-corrected chi connectivity index (χ4v) is 3.98. The molecule has 0 saturated heterocycles. The van der Waals surface area contributed by atoms with Crippen LogP contribution in [-0.4, -0.2) is 50.1 Å². The number of benzene rings is 3. The quantitative estimate of drug-likeness (QED) is 0.470.